The zero-order chi connectivity index (χ0) is 35.2. The molecule has 0 radical (unpaired) electrons. The van der Waals surface area contributed by atoms with E-state index in [1.807, 2.05) is 87.5 Å². The molecule has 4 aromatic carbocycles. The molecule has 2 atom stereocenters. The Hall–Kier alpha value is -5.17. The molecule has 0 bridgehead atoms. The van der Waals surface area contributed by atoms with E-state index in [9.17, 15) is 4.21 Å². The molecule has 0 spiro atoms. The minimum Gasteiger partial charge on any atom is -0.490 e. The fraction of sp³-hybridized carbons (Fsp3) is 0.282. The Morgan fingerprint density at radius 1 is 0.941 bits per heavy atom. The Morgan fingerprint density at radius 2 is 1.69 bits per heavy atom. The number of nitrogens with one attached hydrogen (secondary N) is 1. The maximum atomic E-state index is 13.0. The van der Waals surface area contributed by atoms with Crippen LogP contribution in [0.25, 0.3) is 11.1 Å². The van der Waals surface area contributed by atoms with Crippen LogP contribution in [-0.4, -0.2) is 70.0 Å². The minimum absolute atomic E-state index is 0.215. The Morgan fingerprint density at radius 3 is 2.43 bits per heavy atom. The number of rotatable bonds is 13. The monoisotopic (exact) mass is 703 g/mol. The van der Waals surface area contributed by atoms with Crippen molar-refractivity contribution >= 4 is 34.1 Å². The van der Waals surface area contributed by atoms with E-state index < -0.39 is 11.3 Å². The summed E-state index contributed by atoms with van der Waals surface area (Å²) in [6, 6.07) is 32.2. The Bertz CT molecular complexity index is 2060. The number of aryl methyl sites for hydroxylation is 1. The maximum absolute atomic E-state index is 13.0. The van der Waals surface area contributed by atoms with Gasteiger partial charge in [0.2, 0.25) is 5.82 Å². The molecule has 1 aromatic heterocycles. The molecule has 5 aromatic rings. The van der Waals surface area contributed by atoms with E-state index >= 15 is 0 Å². The van der Waals surface area contributed by atoms with Crippen LogP contribution in [0.1, 0.15) is 49.0 Å². The molecule has 0 saturated carbocycles. The third-order valence-electron chi connectivity index (χ3n) is 8.63. The van der Waals surface area contributed by atoms with Gasteiger partial charge in [-0.25, -0.2) is 14.7 Å². The number of nitrogens with zero attached hydrogens (tertiary/aromatic N) is 6. The zero-order valence-electron chi connectivity index (χ0n) is 29.0. The maximum Gasteiger partial charge on any atom is 0.288 e. The van der Waals surface area contributed by atoms with E-state index in [1.165, 1.54) is 0 Å². The van der Waals surface area contributed by atoms with Crippen LogP contribution in [0, 0.1) is 6.92 Å². The summed E-state index contributed by atoms with van der Waals surface area (Å²) in [4.78, 5) is 14.1. The number of ether oxygens (including phenoxy) is 2. The van der Waals surface area contributed by atoms with Crippen molar-refractivity contribution in [2.24, 2.45) is 10.1 Å². The molecule has 0 aliphatic carbocycles. The molecule has 262 valence electrons. The van der Waals surface area contributed by atoms with E-state index in [0.29, 0.717) is 60.9 Å². The standard InChI is InChI=1S/C39H41N7O4S/c1-4-21-49-34-18-15-27(2)24-35(34)50-51(47)40-26-28(3)38-42-39-37(36(43-46(39)44-38)30-13-9-6-10-14-30)41-33-17-16-31(45-19-22-48-23-20-45)25-32(33)29-11-7-5-8-12-29/h5-18,24-25,28,40H,4,19-23,26H2,1-3H3. The van der Waals surface area contributed by atoms with Gasteiger partial charge in [0.05, 0.1) is 25.5 Å². The van der Waals surface area contributed by atoms with Crippen LogP contribution in [0.3, 0.4) is 0 Å². The van der Waals surface area contributed by atoms with Crippen molar-refractivity contribution in [2.75, 3.05) is 44.4 Å². The molecule has 1 fully saturated rings. The van der Waals surface area contributed by atoms with E-state index in [0.717, 1.165) is 53.1 Å². The SMILES string of the molecule is CCCOc1ccc(C)cc1OS(=O)NCC(C)c1nc2n(n1)N=C(c1ccccc1)C2=Nc1ccc(N2CCOCC2)cc1-c1ccccc1. The molecular formula is C39H41N7O4S. The number of aliphatic imine (C=N–C) groups is 1. The van der Waals surface area contributed by atoms with E-state index in [-0.39, 0.29) is 5.92 Å². The lowest BCUT2D eigenvalue weighted by Gasteiger charge is -2.29. The van der Waals surface area contributed by atoms with Gasteiger partial charge in [0.1, 0.15) is 11.4 Å². The molecular weight excluding hydrogens is 663 g/mol. The smallest absolute Gasteiger partial charge is 0.288 e. The van der Waals surface area contributed by atoms with Gasteiger partial charge in [-0.05, 0) is 54.8 Å². The van der Waals surface area contributed by atoms with Crippen LogP contribution in [0.2, 0.25) is 0 Å². The van der Waals surface area contributed by atoms with E-state index in [2.05, 4.69) is 40.0 Å². The lowest BCUT2D eigenvalue weighted by atomic mass is 10.0. The number of hydrogen-bond acceptors (Lipinski definition) is 9. The highest BCUT2D eigenvalue weighted by atomic mass is 32.2. The van der Waals surface area contributed by atoms with Crippen molar-refractivity contribution in [1.29, 1.82) is 0 Å². The summed E-state index contributed by atoms with van der Waals surface area (Å²) in [5, 5.41) is 9.63. The number of benzene rings is 4. The summed E-state index contributed by atoms with van der Waals surface area (Å²) in [7, 11) is 0. The average molecular weight is 704 g/mol. The van der Waals surface area contributed by atoms with Crippen molar-refractivity contribution in [1.82, 2.24) is 19.6 Å². The number of fused-ring (bicyclic) bond motifs is 1. The van der Waals surface area contributed by atoms with Gasteiger partial charge in [-0.15, -0.1) is 15.0 Å². The van der Waals surface area contributed by atoms with Crippen LogP contribution in [0.5, 0.6) is 11.5 Å². The number of aromatic nitrogens is 3. The van der Waals surface area contributed by atoms with Crippen molar-refractivity contribution < 1.29 is 17.9 Å². The lowest BCUT2D eigenvalue weighted by molar-refractivity contribution is 0.122. The molecule has 2 aliphatic heterocycles. The fourth-order valence-electron chi connectivity index (χ4n) is 5.90. The molecule has 0 amide bonds. The van der Waals surface area contributed by atoms with Crippen LogP contribution in [-0.2, 0) is 16.0 Å². The zero-order valence-corrected chi connectivity index (χ0v) is 29.8. The minimum atomic E-state index is -1.82. The third kappa shape index (κ3) is 7.93. The van der Waals surface area contributed by atoms with Gasteiger partial charge in [-0.2, -0.15) is 4.21 Å². The van der Waals surface area contributed by atoms with E-state index in [4.69, 9.17) is 33.8 Å². The summed E-state index contributed by atoms with van der Waals surface area (Å²) in [5.41, 5.74) is 7.21. The highest BCUT2D eigenvalue weighted by Crippen LogP contribution is 2.36. The molecule has 3 heterocycles. The van der Waals surface area contributed by atoms with Crippen LogP contribution < -0.4 is 18.5 Å². The first-order chi connectivity index (χ1) is 25.0. The van der Waals surface area contributed by atoms with Crippen molar-refractivity contribution in [3.8, 4) is 22.6 Å². The third-order valence-corrected chi connectivity index (χ3v) is 9.37. The summed E-state index contributed by atoms with van der Waals surface area (Å²) >= 11 is -1.82. The van der Waals surface area contributed by atoms with Gasteiger partial charge in [-0.3, -0.25) is 0 Å². The van der Waals surface area contributed by atoms with Gasteiger partial charge < -0.3 is 18.6 Å². The molecule has 1 N–H and O–H groups in total. The topological polar surface area (TPSA) is 115 Å². The Balaban J connectivity index is 1.17. The number of anilines is 1. The molecule has 51 heavy (non-hydrogen) atoms. The summed E-state index contributed by atoms with van der Waals surface area (Å²) in [5.74, 6) is 1.86. The predicted molar refractivity (Wildman–Crippen MR) is 202 cm³/mol. The summed E-state index contributed by atoms with van der Waals surface area (Å²) in [6.45, 7) is 9.88. The Kier molecular flexibility index (Phi) is 10.6. The predicted octanol–water partition coefficient (Wildman–Crippen LogP) is 6.62. The summed E-state index contributed by atoms with van der Waals surface area (Å²) in [6.07, 6.45) is 0.854. The van der Waals surface area contributed by atoms with Crippen LogP contribution in [0.4, 0.5) is 11.4 Å². The average Bonchev–Trinajstić information content (AvgIpc) is 3.74. The summed E-state index contributed by atoms with van der Waals surface area (Å²) < 4.78 is 33.1. The second-order valence-corrected chi connectivity index (χ2v) is 13.4. The van der Waals surface area contributed by atoms with Gasteiger partial charge in [0, 0.05) is 42.4 Å². The van der Waals surface area contributed by atoms with Gasteiger partial charge in [-0.1, -0.05) is 80.6 Å². The number of morpholine rings is 1. The van der Waals surface area contributed by atoms with E-state index in [1.54, 1.807) is 4.79 Å². The lowest BCUT2D eigenvalue weighted by Crippen LogP contribution is -2.36. The van der Waals surface area contributed by atoms with Crippen molar-refractivity contribution in [3.63, 3.8) is 0 Å². The highest BCUT2D eigenvalue weighted by Gasteiger charge is 2.30. The molecule has 1 saturated heterocycles. The largest absolute Gasteiger partial charge is 0.490 e. The second kappa shape index (κ2) is 15.8. The quantitative estimate of drug-likeness (QED) is 0.147. The van der Waals surface area contributed by atoms with Crippen molar-refractivity contribution in [3.05, 3.63) is 120 Å². The molecule has 12 heteroatoms. The first kappa shape index (κ1) is 34.3. The van der Waals surface area contributed by atoms with Gasteiger partial charge in [0.25, 0.3) is 11.3 Å². The Labute approximate surface area is 300 Å². The van der Waals surface area contributed by atoms with Crippen molar-refractivity contribution in [2.45, 2.75) is 33.1 Å². The molecule has 2 unspecified atom stereocenters. The fourth-order valence-corrected chi connectivity index (χ4v) is 6.64. The van der Waals surface area contributed by atoms with Crippen LogP contribution >= 0.6 is 0 Å². The van der Waals surface area contributed by atoms with Crippen LogP contribution in [0.15, 0.2) is 107 Å². The first-order valence-corrected chi connectivity index (χ1v) is 18.3. The molecule has 11 nitrogen and oxygen atoms in total. The molecule has 2 aliphatic rings. The number of hydrogen-bond donors (Lipinski definition) is 1. The van der Waals surface area contributed by atoms with Gasteiger partial charge >= 0.3 is 0 Å². The van der Waals surface area contributed by atoms with Gasteiger partial charge in [0.15, 0.2) is 17.3 Å². The second-order valence-electron chi connectivity index (χ2n) is 12.5. The normalized spacial score (nSPS) is 16.1. The first-order valence-electron chi connectivity index (χ1n) is 17.3. The molecule has 7 rings (SSSR count). The highest BCUT2D eigenvalue weighted by molar-refractivity contribution is 7.78.